The molecule has 1 fully saturated rings. The summed E-state index contributed by atoms with van der Waals surface area (Å²) in [5, 5.41) is 0. The van der Waals surface area contributed by atoms with E-state index in [-0.39, 0.29) is 18.4 Å². The highest BCUT2D eigenvalue weighted by Gasteiger charge is 2.41. The number of ether oxygens (including phenoxy) is 1. The Hall–Kier alpha value is -4.97. The number of carbonyl (C=O) groups excluding carboxylic acids is 3. The lowest BCUT2D eigenvalue weighted by Gasteiger charge is -2.38. The van der Waals surface area contributed by atoms with Gasteiger partial charge in [-0.15, -0.1) is 0 Å². The lowest BCUT2D eigenvalue weighted by Crippen LogP contribution is -2.46. The summed E-state index contributed by atoms with van der Waals surface area (Å²) < 4.78 is 5.21. The molecule has 2 atom stereocenters. The van der Waals surface area contributed by atoms with Crippen molar-refractivity contribution in [2.45, 2.75) is 52.4 Å². The summed E-state index contributed by atoms with van der Waals surface area (Å²) in [6, 6.07) is 39.8. The van der Waals surface area contributed by atoms with Crippen LogP contribution in [-0.2, 0) is 45.3 Å². The van der Waals surface area contributed by atoms with Crippen LogP contribution in [0.4, 0.5) is 0 Å². The van der Waals surface area contributed by atoms with Crippen LogP contribution < -0.4 is 0 Å². The summed E-state index contributed by atoms with van der Waals surface area (Å²) in [7, 11) is 0. The highest BCUT2D eigenvalue weighted by Crippen LogP contribution is 2.37. The Balaban J connectivity index is 1.49. The first-order valence-corrected chi connectivity index (χ1v) is 16.1. The van der Waals surface area contributed by atoms with Gasteiger partial charge in [0.05, 0.1) is 18.4 Å². The SMILES string of the molecule is CCOC(=O)C=C1CCC(C(=O)N(Cc2ccccc2)Cc2ccccc2)C(C(=O)N(Cc2ccccc2)Cc2ccccc2)C1. The molecule has 236 valence electrons. The molecule has 1 saturated carbocycles. The van der Waals surface area contributed by atoms with Crippen molar-refractivity contribution in [1.29, 1.82) is 0 Å². The summed E-state index contributed by atoms with van der Waals surface area (Å²) >= 11 is 0. The average Bonchev–Trinajstić information content (AvgIpc) is 3.09. The minimum atomic E-state index is -0.622. The van der Waals surface area contributed by atoms with Gasteiger partial charge in [0, 0.05) is 32.3 Å². The summed E-state index contributed by atoms with van der Waals surface area (Å²) in [5.41, 5.74) is 4.94. The second-order valence-corrected chi connectivity index (χ2v) is 11.8. The fraction of sp³-hybridized carbons (Fsp3) is 0.275. The van der Waals surface area contributed by atoms with Crippen molar-refractivity contribution in [2.24, 2.45) is 11.8 Å². The van der Waals surface area contributed by atoms with Gasteiger partial charge in [0.15, 0.2) is 0 Å². The molecule has 0 radical (unpaired) electrons. The molecule has 0 N–H and O–H groups in total. The molecule has 0 aliphatic heterocycles. The summed E-state index contributed by atoms with van der Waals surface area (Å²) in [6.07, 6.45) is 2.89. The van der Waals surface area contributed by atoms with Crippen LogP contribution in [0.2, 0.25) is 0 Å². The van der Waals surface area contributed by atoms with Gasteiger partial charge in [0.25, 0.3) is 0 Å². The van der Waals surface area contributed by atoms with Crippen molar-refractivity contribution in [2.75, 3.05) is 6.61 Å². The minimum Gasteiger partial charge on any atom is -0.463 e. The summed E-state index contributed by atoms with van der Waals surface area (Å²) in [5.74, 6) is -1.69. The number of nitrogens with zero attached hydrogens (tertiary/aromatic N) is 2. The first-order valence-electron chi connectivity index (χ1n) is 16.1. The van der Waals surface area contributed by atoms with Crippen molar-refractivity contribution in [1.82, 2.24) is 9.80 Å². The van der Waals surface area contributed by atoms with E-state index in [2.05, 4.69) is 0 Å². The van der Waals surface area contributed by atoms with E-state index in [1.165, 1.54) is 6.08 Å². The number of esters is 1. The van der Waals surface area contributed by atoms with E-state index in [1.54, 1.807) is 6.92 Å². The van der Waals surface area contributed by atoms with Gasteiger partial charge in [0.1, 0.15) is 0 Å². The number of hydrogen-bond donors (Lipinski definition) is 0. The smallest absolute Gasteiger partial charge is 0.330 e. The molecule has 4 aromatic rings. The van der Waals surface area contributed by atoms with E-state index in [0.29, 0.717) is 45.4 Å². The molecule has 2 amide bonds. The molecule has 0 heterocycles. The highest BCUT2D eigenvalue weighted by atomic mass is 16.5. The van der Waals surface area contributed by atoms with E-state index in [4.69, 9.17) is 4.74 Å². The van der Waals surface area contributed by atoms with Gasteiger partial charge in [-0.2, -0.15) is 0 Å². The molecule has 2 unspecified atom stereocenters. The molecule has 0 saturated heterocycles. The lowest BCUT2D eigenvalue weighted by atomic mass is 9.75. The zero-order chi connectivity index (χ0) is 32.1. The van der Waals surface area contributed by atoms with Crippen LogP contribution in [0.3, 0.4) is 0 Å². The van der Waals surface area contributed by atoms with Crippen LogP contribution >= 0.6 is 0 Å². The molecule has 6 heteroatoms. The van der Waals surface area contributed by atoms with E-state index in [0.717, 1.165) is 27.8 Å². The highest BCUT2D eigenvalue weighted by molar-refractivity contribution is 5.89. The normalized spacial score (nSPS) is 16.8. The Labute approximate surface area is 272 Å². The Morgan fingerprint density at radius 3 is 1.35 bits per heavy atom. The third kappa shape index (κ3) is 9.04. The fourth-order valence-electron chi connectivity index (χ4n) is 6.21. The Morgan fingerprint density at radius 1 is 0.609 bits per heavy atom. The fourth-order valence-corrected chi connectivity index (χ4v) is 6.21. The van der Waals surface area contributed by atoms with Crippen molar-refractivity contribution >= 4 is 17.8 Å². The summed E-state index contributed by atoms with van der Waals surface area (Å²) in [6.45, 7) is 3.77. The molecule has 0 aromatic heterocycles. The van der Waals surface area contributed by atoms with E-state index < -0.39 is 17.8 Å². The Kier molecular flexibility index (Phi) is 11.5. The van der Waals surface area contributed by atoms with Crippen molar-refractivity contribution < 1.29 is 19.1 Å². The van der Waals surface area contributed by atoms with Gasteiger partial charge < -0.3 is 14.5 Å². The Morgan fingerprint density at radius 2 is 0.978 bits per heavy atom. The maximum absolute atomic E-state index is 14.7. The molecule has 46 heavy (non-hydrogen) atoms. The second kappa shape index (κ2) is 16.4. The molecular weight excluding hydrogens is 572 g/mol. The zero-order valence-electron chi connectivity index (χ0n) is 26.5. The van der Waals surface area contributed by atoms with Crippen LogP contribution in [0.15, 0.2) is 133 Å². The van der Waals surface area contributed by atoms with Crippen LogP contribution in [0.1, 0.15) is 48.4 Å². The van der Waals surface area contributed by atoms with E-state index in [1.807, 2.05) is 131 Å². The van der Waals surface area contributed by atoms with Crippen LogP contribution in [0.25, 0.3) is 0 Å². The first-order chi connectivity index (χ1) is 22.5. The molecule has 1 aliphatic rings. The minimum absolute atomic E-state index is 0.0411. The molecule has 5 rings (SSSR count). The quantitative estimate of drug-likeness (QED) is 0.124. The average molecular weight is 615 g/mol. The molecule has 0 bridgehead atoms. The van der Waals surface area contributed by atoms with Gasteiger partial charge in [0.2, 0.25) is 11.8 Å². The number of carbonyl (C=O) groups is 3. The van der Waals surface area contributed by atoms with Gasteiger partial charge in [-0.05, 0) is 48.4 Å². The van der Waals surface area contributed by atoms with Crippen molar-refractivity contribution in [3.05, 3.63) is 155 Å². The predicted octanol–water partition coefficient (Wildman–Crippen LogP) is 7.35. The standard InChI is InChI=1S/C40H42N2O4/c1-2-46-38(43)26-35-23-24-36(39(44)41(27-31-15-7-3-8-16-31)28-32-17-9-4-10-18-32)37(25-35)40(45)42(29-33-19-11-5-12-20-33)30-34-21-13-6-14-22-34/h3-22,26,36-37H,2,23-25,27-30H2,1H3. The molecular formula is C40H42N2O4. The topological polar surface area (TPSA) is 66.9 Å². The van der Waals surface area contributed by atoms with Crippen molar-refractivity contribution in [3.8, 4) is 0 Å². The molecule has 1 aliphatic carbocycles. The first kappa shape index (κ1) is 32.4. The van der Waals surface area contributed by atoms with E-state index in [9.17, 15) is 14.4 Å². The van der Waals surface area contributed by atoms with Gasteiger partial charge in [-0.1, -0.05) is 127 Å². The molecule has 6 nitrogen and oxygen atoms in total. The van der Waals surface area contributed by atoms with Gasteiger partial charge >= 0.3 is 5.97 Å². The number of rotatable bonds is 12. The number of benzene rings is 4. The Bertz CT molecular complexity index is 1510. The molecule has 4 aromatic carbocycles. The number of hydrogen-bond acceptors (Lipinski definition) is 4. The maximum Gasteiger partial charge on any atom is 0.330 e. The third-order valence-corrected chi connectivity index (χ3v) is 8.48. The lowest BCUT2D eigenvalue weighted by molar-refractivity contribution is -0.149. The van der Waals surface area contributed by atoms with Gasteiger partial charge in [-0.3, -0.25) is 9.59 Å². The van der Waals surface area contributed by atoms with Gasteiger partial charge in [-0.25, -0.2) is 4.79 Å². The zero-order valence-corrected chi connectivity index (χ0v) is 26.5. The van der Waals surface area contributed by atoms with Crippen LogP contribution in [0, 0.1) is 11.8 Å². The number of allylic oxidation sites excluding steroid dienone is 1. The van der Waals surface area contributed by atoms with E-state index >= 15 is 0 Å². The van der Waals surface area contributed by atoms with Crippen LogP contribution in [-0.4, -0.2) is 34.2 Å². The predicted molar refractivity (Wildman–Crippen MR) is 180 cm³/mol. The third-order valence-electron chi connectivity index (χ3n) is 8.48. The molecule has 0 spiro atoms. The largest absolute Gasteiger partial charge is 0.463 e. The number of amides is 2. The summed E-state index contributed by atoms with van der Waals surface area (Å²) in [4.78, 5) is 45.6. The van der Waals surface area contributed by atoms with Crippen molar-refractivity contribution in [3.63, 3.8) is 0 Å². The maximum atomic E-state index is 14.7. The monoisotopic (exact) mass is 614 g/mol. The second-order valence-electron chi connectivity index (χ2n) is 11.8. The van der Waals surface area contributed by atoms with Crippen LogP contribution in [0.5, 0.6) is 0 Å².